The van der Waals surface area contributed by atoms with Gasteiger partial charge in [-0.1, -0.05) is 18.9 Å². The number of hydrogen-bond acceptors (Lipinski definition) is 3. The summed E-state index contributed by atoms with van der Waals surface area (Å²) in [6, 6.07) is 5.48. The molecule has 3 rings (SSSR count). The van der Waals surface area contributed by atoms with Crippen LogP contribution in [0.25, 0.3) is 0 Å². The Kier molecular flexibility index (Phi) is 4.04. The minimum Gasteiger partial charge on any atom is -0.496 e. The van der Waals surface area contributed by atoms with Crippen LogP contribution < -0.4 is 9.47 Å². The van der Waals surface area contributed by atoms with Crippen LogP contribution in [-0.2, 0) is 0 Å². The zero-order valence-electron chi connectivity index (χ0n) is 12.8. The number of carbonyl (C=O) groups excluding carboxylic acids is 1. The van der Waals surface area contributed by atoms with Crippen LogP contribution in [0.3, 0.4) is 0 Å². The van der Waals surface area contributed by atoms with Crippen LogP contribution in [0.15, 0.2) is 18.2 Å². The Labute approximate surface area is 126 Å². The molecule has 2 aliphatic rings. The summed E-state index contributed by atoms with van der Waals surface area (Å²) in [5, 5.41) is 0. The fourth-order valence-electron chi connectivity index (χ4n) is 3.79. The SMILES string of the molecule is COc1cccc(OC)c1C(=O)N1CC2CCCCC2C1. The minimum atomic E-state index is 0.0405. The maximum Gasteiger partial charge on any atom is 0.261 e. The average Bonchev–Trinajstić information content (AvgIpc) is 2.97. The van der Waals surface area contributed by atoms with Gasteiger partial charge in [-0.15, -0.1) is 0 Å². The molecular weight excluding hydrogens is 266 g/mol. The number of rotatable bonds is 3. The molecule has 114 valence electrons. The van der Waals surface area contributed by atoms with Crippen molar-refractivity contribution < 1.29 is 14.3 Å². The van der Waals surface area contributed by atoms with Crippen molar-refractivity contribution in [3.05, 3.63) is 23.8 Å². The van der Waals surface area contributed by atoms with E-state index < -0.39 is 0 Å². The third-order valence-electron chi connectivity index (χ3n) is 4.91. The second kappa shape index (κ2) is 5.96. The number of fused-ring (bicyclic) bond motifs is 1. The molecule has 2 unspecified atom stereocenters. The normalized spacial score (nSPS) is 24.6. The van der Waals surface area contributed by atoms with E-state index in [1.54, 1.807) is 14.2 Å². The van der Waals surface area contributed by atoms with Gasteiger partial charge in [0.25, 0.3) is 5.91 Å². The van der Waals surface area contributed by atoms with Crippen LogP contribution in [0, 0.1) is 11.8 Å². The zero-order valence-corrected chi connectivity index (χ0v) is 12.8. The summed E-state index contributed by atoms with van der Waals surface area (Å²) in [5.74, 6) is 2.59. The molecule has 0 N–H and O–H groups in total. The first-order chi connectivity index (χ1) is 10.2. The van der Waals surface area contributed by atoms with Gasteiger partial charge in [0.15, 0.2) is 0 Å². The Balaban J connectivity index is 1.85. The Hall–Kier alpha value is -1.71. The Bertz CT molecular complexity index is 493. The van der Waals surface area contributed by atoms with E-state index in [4.69, 9.17) is 9.47 Å². The lowest BCUT2D eigenvalue weighted by Gasteiger charge is -2.22. The molecule has 1 aromatic carbocycles. The standard InChI is InChI=1S/C17H23NO3/c1-20-14-8-5-9-15(21-2)16(14)17(19)18-10-12-6-3-4-7-13(12)11-18/h5,8-9,12-13H,3-4,6-7,10-11H2,1-2H3. The van der Waals surface area contributed by atoms with Crippen LogP contribution in [0.1, 0.15) is 36.0 Å². The van der Waals surface area contributed by atoms with Crippen molar-refractivity contribution in [2.24, 2.45) is 11.8 Å². The Morgan fingerprint density at radius 3 is 2.05 bits per heavy atom. The summed E-state index contributed by atoms with van der Waals surface area (Å²) in [7, 11) is 3.19. The van der Waals surface area contributed by atoms with Crippen molar-refractivity contribution in [3.8, 4) is 11.5 Å². The van der Waals surface area contributed by atoms with E-state index in [2.05, 4.69) is 0 Å². The number of amides is 1. The number of nitrogens with zero attached hydrogens (tertiary/aromatic N) is 1. The van der Waals surface area contributed by atoms with Crippen LogP contribution in [0.4, 0.5) is 0 Å². The first kappa shape index (κ1) is 14.2. The molecular formula is C17H23NO3. The molecule has 4 heteroatoms. The number of likely N-dealkylation sites (tertiary alicyclic amines) is 1. The highest BCUT2D eigenvalue weighted by Gasteiger charge is 2.38. The summed E-state index contributed by atoms with van der Waals surface area (Å²) >= 11 is 0. The molecule has 1 heterocycles. The molecule has 1 saturated carbocycles. The molecule has 1 aromatic rings. The van der Waals surface area contributed by atoms with Crippen molar-refractivity contribution in [1.82, 2.24) is 4.90 Å². The van der Waals surface area contributed by atoms with Gasteiger partial charge in [0.2, 0.25) is 0 Å². The van der Waals surface area contributed by atoms with E-state index in [1.165, 1.54) is 25.7 Å². The molecule has 1 saturated heterocycles. The van der Waals surface area contributed by atoms with Crippen LogP contribution in [-0.4, -0.2) is 38.1 Å². The van der Waals surface area contributed by atoms with Gasteiger partial charge in [-0.2, -0.15) is 0 Å². The molecule has 2 fully saturated rings. The third-order valence-corrected chi connectivity index (χ3v) is 4.91. The highest BCUT2D eigenvalue weighted by atomic mass is 16.5. The molecule has 4 nitrogen and oxygen atoms in total. The van der Waals surface area contributed by atoms with Crippen molar-refractivity contribution >= 4 is 5.91 Å². The molecule has 1 aliphatic carbocycles. The van der Waals surface area contributed by atoms with Gasteiger partial charge in [0, 0.05) is 13.1 Å². The lowest BCUT2D eigenvalue weighted by atomic mass is 9.82. The number of methoxy groups -OCH3 is 2. The van der Waals surface area contributed by atoms with Gasteiger partial charge in [0.05, 0.1) is 14.2 Å². The summed E-state index contributed by atoms with van der Waals surface area (Å²) in [6.45, 7) is 1.76. The smallest absolute Gasteiger partial charge is 0.261 e. The summed E-state index contributed by atoms with van der Waals surface area (Å²) < 4.78 is 10.7. The van der Waals surface area contributed by atoms with E-state index in [9.17, 15) is 4.79 Å². The second-order valence-corrected chi connectivity index (χ2v) is 6.05. The molecule has 0 spiro atoms. The van der Waals surface area contributed by atoms with E-state index in [1.807, 2.05) is 23.1 Å². The average molecular weight is 289 g/mol. The van der Waals surface area contributed by atoms with Crippen LogP contribution in [0.5, 0.6) is 11.5 Å². The van der Waals surface area contributed by atoms with Gasteiger partial charge >= 0.3 is 0 Å². The van der Waals surface area contributed by atoms with E-state index in [0.717, 1.165) is 13.1 Å². The van der Waals surface area contributed by atoms with Crippen LogP contribution in [0.2, 0.25) is 0 Å². The summed E-state index contributed by atoms with van der Waals surface area (Å²) in [5.41, 5.74) is 0.557. The van der Waals surface area contributed by atoms with Gasteiger partial charge in [-0.3, -0.25) is 4.79 Å². The fourth-order valence-corrected chi connectivity index (χ4v) is 3.79. The largest absolute Gasteiger partial charge is 0.496 e. The molecule has 2 atom stereocenters. The van der Waals surface area contributed by atoms with Gasteiger partial charge in [-0.05, 0) is 36.8 Å². The number of benzene rings is 1. The predicted molar refractivity (Wildman–Crippen MR) is 80.9 cm³/mol. The van der Waals surface area contributed by atoms with Crippen molar-refractivity contribution in [2.45, 2.75) is 25.7 Å². The van der Waals surface area contributed by atoms with Crippen molar-refractivity contribution in [3.63, 3.8) is 0 Å². The highest BCUT2D eigenvalue weighted by molar-refractivity contribution is 5.99. The molecule has 0 radical (unpaired) electrons. The first-order valence-corrected chi connectivity index (χ1v) is 7.75. The second-order valence-electron chi connectivity index (χ2n) is 6.05. The van der Waals surface area contributed by atoms with Crippen LogP contribution >= 0.6 is 0 Å². The molecule has 0 aromatic heterocycles. The lowest BCUT2D eigenvalue weighted by Crippen LogP contribution is -2.29. The van der Waals surface area contributed by atoms with E-state index >= 15 is 0 Å². The fraction of sp³-hybridized carbons (Fsp3) is 0.588. The van der Waals surface area contributed by atoms with E-state index in [0.29, 0.717) is 28.9 Å². The molecule has 0 bridgehead atoms. The van der Waals surface area contributed by atoms with Gasteiger partial charge in [0.1, 0.15) is 17.1 Å². The van der Waals surface area contributed by atoms with Crippen molar-refractivity contribution in [2.75, 3.05) is 27.3 Å². The summed E-state index contributed by atoms with van der Waals surface area (Å²) in [6.07, 6.45) is 5.14. The number of hydrogen-bond donors (Lipinski definition) is 0. The monoisotopic (exact) mass is 289 g/mol. The lowest BCUT2D eigenvalue weighted by molar-refractivity contribution is 0.0777. The number of ether oxygens (including phenoxy) is 2. The highest BCUT2D eigenvalue weighted by Crippen LogP contribution is 2.38. The maximum atomic E-state index is 12.9. The zero-order chi connectivity index (χ0) is 14.8. The Morgan fingerprint density at radius 2 is 1.57 bits per heavy atom. The maximum absolute atomic E-state index is 12.9. The van der Waals surface area contributed by atoms with E-state index in [-0.39, 0.29) is 5.91 Å². The van der Waals surface area contributed by atoms with Gasteiger partial charge in [-0.25, -0.2) is 0 Å². The molecule has 1 aliphatic heterocycles. The third kappa shape index (κ3) is 2.59. The minimum absolute atomic E-state index is 0.0405. The summed E-state index contributed by atoms with van der Waals surface area (Å²) in [4.78, 5) is 14.9. The van der Waals surface area contributed by atoms with Gasteiger partial charge < -0.3 is 14.4 Å². The topological polar surface area (TPSA) is 38.8 Å². The first-order valence-electron chi connectivity index (χ1n) is 7.75. The Morgan fingerprint density at radius 1 is 1.05 bits per heavy atom. The quantitative estimate of drug-likeness (QED) is 0.858. The predicted octanol–water partition coefficient (Wildman–Crippen LogP) is 2.97. The van der Waals surface area contributed by atoms with Crippen molar-refractivity contribution in [1.29, 1.82) is 0 Å². The number of carbonyl (C=O) groups is 1. The molecule has 21 heavy (non-hydrogen) atoms. The molecule has 1 amide bonds.